The van der Waals surface area contributed by atoms with Gasteiger partial charge in [0, 0.05) is 11.6 Å². The predicted octanol–water partition coefficient (Wildman–Crippen LogP) is 3.70. The molecule has 2 heterocycles. The lowest BCUT2D eigenvalue weighted by atomic mass is 10.2. The maximum Gasteiger partial charge on any atom is 0.416 e. The average molecular weight is 312 g/mol. The molecule has 8 heteroatoms. The van der Waals surface area contributed by atoms with Gasteiger partial charge in [0.1, 0.15) is 5.01 Å². The molecule has 0 radical (unpaired) electrons. The fourth-order valence-corrected chi connectivity index (χ4v) is 2.94. The summed E-state index contributed by atoms with van der Waals surface area (Å²) in [6.07, 6.45) is -2.72. The molecular weight excluding hydrogens is 301 g/mol. The Kier molecular flexibility index (Phi) is 3.12. The summed E-state index contributed by atoms with van der Waals surface area (Å²) in [7, 11) is 0. The molecule has 0 spiro atoms. The van der Waals surface area contributed by atoms with Crippen molar-refractivity contribution in [3.8, 4) is 0 Å². The van der Waals surface area contributed by atoms with Crippen LogP contribution in [-0.2, 0) is 6.18 Å². The lowest BCUT2D eigenvalue weighted by molar-refractivity contribution is -0.137. The molecule has 0 amide bonds. The van der Waals surface area contributed by atoms with Gasteiger partial charge in [-0.3, -0.25) is 0 Å². The fourth-order valence-electron chi connectivity index (χ4n) is 2.25. The second-order valence-electron chi connectivity index (χ2n) is 4.59. The first-order chi connectivity index (χ1) is 9.88. The van der Waals surface area contributed by atoms with Crippen molar-refractivity contribution in [3.63, 3.8) is 0 Å². The molecular formula is C13H11F3N4S. The van der Waals surface area contributed by atoms with Gasteiger partial charge in [-0.25, -0.2) is 9.97 Å². The Morgan fingerprint density at radius 1 is 1.33 bits per heavy atom. The van der Waals surface area contributed by atoms with Gasteiger partial charge in [-0.2, -0.15) is 13.2 Å². The van der Waals surface area contributed by atoms with E-state index in [-0.39, 0.29) is 17.5 Å². The molecule has 1 unspecified atom stereocenters. The number of halogens is 3. The maximum atomic E-state index is 12.7. The van der Waals surface area contributed by atoms with E-state index < -0.39 is 11.7 Å². The van der Waals surface area contributed by atoms with E-state index in [9.17, 15) is 13.2 Å². The number of nitrogen functional groups attached to an aromatic ring is 1. The molecule has 0 aliphatic carbocycles. The van der Waals surface area contributed by atoms with Crippen LogP contribution in [0.1, 0.15) is 23.5 Å². The topological polar surface area (TPSA) is 56.7 Å². The quantitative estimate of drug-likeness (QED) is 0.785. The zero-order chi connectivity index (χ0) is 15.2. The van der Waals surface area contributed by atoms with Crippen LogP contribution in [0.15, 0.2) is 29.8 Å². The summed E-state index contributed by atoms with van der Waals surface area (Å²) < 4.78 is 39.9. The molecule has 1 aromatic carbocycles. The number of imidazole rings is 1. The van der Waals surface area contributed by atoms with Gasteiger partial charge in [-0.1, -0.05) is 0 Å². The summed E-state index contributed by atoms with van der Waals surface area (Å²) in [6, 6.07) is 3.25. The van der Waals surface area contributed by atoms with Crippen molar-refractivity contribution in [2.24, 2.45) is 0 Å². The number of aromatic nitrogens is 3. The number of nitrogens with two attached hydrogens (primary N) is 1. The smallest absolute Gasteiger partial charge is 0.369 e. The summed E-state index contributed by atoms with van der Waals surface area (Å²) in [6.45, 7) is 1.88. The number of fused-ring (bicyclic) bond motifs is 1. The monoisotopic (exact) mass is 312 g/mol. The molecule has 0 aliphatic heterocycles. The van der Waals surface area contributed by atoms with Crippen LogP contribution in [0.4, 0.5) is 19.1 Å². The molecule has 21 heavy (non-hydrogen) atoms. The van der Waals surface area contributed by atoms with E-state index in [1.54, 1.807) is 10.8 Å². The second-order valence-corrected chi connectivity index (χ2v) is 5.51. The molecule has 0 bridgehead atoms. The van der Waals surface area contributed by atoms with Gasteiger partial charge in [0.2, 0.25) is 5.95 Å². The summed E-state index contributed by atoms with van der Waals surface area (Å²) in [5.74, 6) is 0.173. The van der Waals surface area contributed by atoms with Crippen LogP contribution in [0.5, 0.6) is 0 Å². The lowest BCUT2D eigenvalue weighted by Crippen LogP contribution is -2.10. The molecule has 110 valence electrons. The number of thiazole rings is 1. The van der Waals surface area contributed by atoms with Crippen molar-refractivity contribution in [3.05, 3.63) is 40.3 Å². The highest BCUT2D eigenvalue weighted by Crippen LogP contribution is 2.33. The van der Waals surface area contributed by atoms with Crippen LogP contribution in [0.2, 0.25) is 0 Å². The van der Waals surface area contributed by atoms with Crippen LogP contribution < -0.4 is 5.73 Å². The molecule has 0 aliphatic rings. The molecule has 3 aromatic rings. The number of hydrogen-bond donors (Lipinski definition) is 1. The lowest BCUT2D eigenvalue weighted by Gasteiger charge is -2.13. The third-order valence-corrected chi connectivity index (χ3v) is 4.19. The fraction of sp³-hybridized carbons (Fsp3) is 0.231. The van der Waals surface area contributed by atoms with Crippen molar-refractivity contribution in [2.75, 3.05) is 5.73 Å². The highest BCUT2D eigenvalue weighted by Gasteiger charge is 2.31. The Bertz CT molecular complexity index is 777. The van der Waals surface area contributed by atoms with Crippen LogP contribution in [-0.4, -0.2) is 14.5 Å². The number of nitrogens with zero attached hydrogens (tertiary/aromatic N) is 3. The van der Waals surface area contributed by atoms with Crippen molar-refractivity contribution < 1.29 is 13.2 Å². The van der Waals surface area contributed by atoms with E-state index >= 15 is 0 Å². The van der Waals surface area contributed by atoms with E-state index in [0.29, 0.717) is 5.52 Å². The summed E-state index contributed by atoms with van der Waals surface area (Å²) in [5.41, 5.74) is 5.92. The maximum absolute atomic E-state index is 12.7. The summed E-state index contributed by atoms with van der Waals surface area (Å²) >= 11 is 1.46. The molecule has 1 atom stereocenters. The molecule has 4 nitrogen and oxygen atoms in total. The molecule has 0 saturated carbocycles. The normalized spacial score (nSPS) is 13.7. The van der Waals surface area contributed by atoms with E-state index in [2.05, 4.69) is 9.97 Å². The first-order valence-corrected chi connectivity index (χ1v) is 7.00. The van der Waals surface area contributed by atoms with Gasteiger partial charge in [-0.15, -0.1) is 11.3 Å². The molecule has 3 rings (SSSR count). The number of anilines is 1. The average Bonchev–Trinajstić information content (AvgIpc) is 3.02. The largest absolute Gasteiger partial charge is 0.416 e. The highest BCUT2D eigenvalue weighted by molar-refractivity contribution is 7.09. The SMILES string of the molecule is CC(c1nccs1)n1c(N)nc2cc(C(F)(F)F)ccc21. The van der Waals surface area contributed by atoms with Crippen LogP contribution in [0.3, 0.4) is 0 Å². The van der Waals surface area contributed by atoms with E-state index in [4.69, 9.17) is 5.73 Å². The number of alkyl halides is 3. The molecule has 0 fully saturated rings. The number of rotatable bonds is 2. The minimum absolute atomic E-state index is 0.173. The van der Waals surface area contributed by atoms with Gasteiger partial charge in [0.25, 0.3) is 0 Å². The van der Waals surface area contributed by atoms with Crippen molar-refractivity contribution in [2.45, 2.75) is 19.1 Å². The first kappa shape index (κ1) is 13.9. The Labute approximate surface area is 122 Å². The van der Waals surface area contributed by atoms with Crippen LogP contribution in [0.25, 0.3) is 11.0 Å². The predicted molar refractivity (Wildman–Crippen MR) is 75.1 cm³/mol. The Morgan fingerprint density at radius 2 is 2.10 bits per heavy atom. The van der Waals surface area contributed by atoms with Crippen LogP contribution >= 0.6 is 11.3 Å². The first-order valence-electron chi connectivity index (χ1n) is 6.12. The molecule has 0 saturated heterocycles. The van der Waals surface area contributed by atoms with Crippen molar-refractivity contribution >= 4 is 28.3 Å². The van der Waals surface area contributed by atoms with Gasteiger partial charge < -0.3 is 10.3 Å². The standard InChI is InChI=1S/C13H11F3N4S/c1-7(11-18-4-5-21-11)20-10-3-2-8(13(14,15)16)6-9(10)19-12(20)17/h2-7H,1H3,(H2,17,19). The van der Waals surface area contributed by atoms with Crippen molar-refractivity contribution in [1.29, 1.82) is 0 Å². The Balaban J connectivity index is 2.14. The number of benzene rings is 1. The molecule has 2 N–H and O–H groups in total. The van der Waals surface area contributed by atoms with Gasteiger partial charge in [0.15, 0.2) is 0 Å². The van der Waals surface area contributed by atoms with Gasteiger partial charge >= 0.3 is 6.18 Å². The van der Waals surface area contributed by atoms with Gasteiger partial charge in [-0.05, 0) is 25.1 Å². The third-order valence-electron chi connectivity index (χ3n) is 3.24. The zero-order valence-electron chi connectivity index (χ0n) is 10.9. The Morgan fingerprint density at radius 3 is 2.71 bits per heavy atom. The van der Waals surface area contributed by atoms with Crippen molar-refractivity contribution in [1.82, 2.24) is 14.5 Å². The minimum Gasteiger partial charge on any atom is -0.369 e. The summed E-state index contributed by atoms with van der Waals surface area (Å²) in [4.78, 5) is 8.25. The van der Waals surface area contributed by atoms with Gasteiger partial charge in [0.05, 0.1) is 22.6 Å². The summed E-state index contributed by atoms with van der Waals surface area (Å²) in [5, 5.41) is 2.66. The van der Waals surface area contributed by atoms with E-state index in [0.717, 1.165) is 17.1 Å². The van der Waals surface area contributed by atoms with E-state index in [1.807, 2.05) is 12.3 Å². The minimum atomic E-state index is -4.40. The number of hydrogen-bond acceptors (Lipinski definition) is 4. The highest BCUT2D eigenvalue weighted by atomic mass is 32.1. The molecule has 2 aromatic heterocycles. The van der Waals surface area contributed by atoms with Crippen LogP contribution in [0, 0.1) is 0 Å². The second kappa shape index (κ2) is 4.73. The zero-order valence-corrected chi connectivity index (χ0v) is 11.7. The third kappa shape index (κ3) is 2.35. The Hall–Kier alpha value is -2.09. The van der Waals surface area contributed by atoms with E-state index in [1.165, 1.54) is 17.4 Å².